The second kappa shape index (κ2) is 5.94. The van der Waals surface area contributed by atoms with Crippen LogP contribution in [0.2, 0.25) is 0 Å². The standard InChI is InChI=1S/C15H17NO/c1-17-15-10-6-5-9-14(15)16-12-11-13-7-3-2-4-8-13/h2-10,16H,11-12H2,1H3. The Morgan fingerprint density at radius 1 is 0.941 bits per heavy atom. The average Bonchev–Trinajstić information content (AvgIpc) is 2.40. The van der Waals surface area contributed by atoms with Crippen LogP contribution in [0.5, 0.6) is 5.75 Å². The number of ether oxygens (including phenoxy) is 1. The first-order chi connectivity index (χ1) is 8.40. The first-order valence-corrected chi connectivity index (χ1v) is 5.81. The quantitative estimate of drug-likeness (QED) is 0.845. The summed E-state index contributed by atoms with van der Waals surface area (Å²) >= 11 is 0. The number of nitrogens with one attached hydrogen (secondary N) is 1. The number of para-hydroxylation sites is 2. The number of rotatable bonds is 5. The lowest BCUT2D eigenvalue weighted by molar-refractivity contribution is 0.416. The van der Waals surface area contributed by atoms with E-state index in [0.29, 0.717) is 0 Å². The van der Waals surface area contributed by atoms with Crippen LogP contribution in [-0.2, 0) is 6.42 Å². The molecule has 2 aromatic carbocycles. The van der Waals surface area contributed by atoms with Gasteiger partial charge in [0.05, 0.1) is 12.8 Å². The smallest absolute Gasteiger partial charge is 0.141 e. The molecular formula is C15H17NO. The maximum absolute atomic E-state index is 5.29. The second-order valence-corrected chi connectivity index (χ2v) is 3.86. The molecule has 17 heavy (non-hydrogen) atoms. The highest BCUT2D eigenvalue weighted by Crippen LogP contribution is 2.22. The van der Waals surface area contributed by atoms with Gasteiger partial charge in [0.1, 0.15) is 5.75 Å². The summed E-state index contributed by atoms with van der Waals surface area (Å²) in [5.41, 5.74) is 2.39. The van der Waals surface area contributed by atoms with Crippen LogP contribution in [-0.4, -0.2) is 13.7 Å². The molecule has 0 radical (unpaired) electrons. The van der Waals surface area contributed by atoms with Crippen molar-refractivity contribution in [3.63, 3.8) is 0 Å². The highest BCUT2D eigenvalue weighted by atomic mass is 16.5. The van der Waals surface area contributed by atoms with E-state index < -0.39 is 0 Å². The molecule has 2 rings (SSSR count). The minimum Gasteiger partial charge on any atom is -0.495 e. The van der Waals surface area contributed by atoms with Crippen LogP contribution >= 0.6 is 0 Å². The molecule has 0 aliphatic carbocycles. The Hall–Kier alpha value is -1.96. The van der Waals surface area contributed by atoms with Crippen molar-refractivity contribution < 1.29 is 4.74 Å². The van der Waals surface area contributed by atoms with Crippen molar-refractivity contribution in [3.05, 3.63) is 60.2 Å². The minimum absolute atomic E-state index is 0.889. The summed E-state index contributed by atoms with van der Waals surface area (Å²) in [6, 6.07) is 18.4. The normalized spacial score (nSPS) is 9.94. The maximum Gasteiger partial charge on any atom is 0.141 e. The number of methoxy groups -OCH3 is 1. The van der Waals surface area contributed by atoms with Gasteiger partial charge in [0, 0.05) is 6.54 Å². The molecule has 0 aromatic heterocycles. The fourth-order valence-electron chi connectivity index (χ4n) is 1.78. The van der Waals surface area contributed by atoms with E-state index in [2.05, 4.69) is 29.6 Å². The lowest BCUT2D eigenvalue weighted by Crippen LogP contribution is -2.05. The third-order valence-electron chi connectivity index (χ3n) is 2.68. The molecule has 0 heterocycles. The summed E-state index contributed by atoms with van der Waals surface area (Å²) in [5.74, 6) is 0.889. The molecule has 88 valence electrons. The molecule has 0 aliphatic rings. The molecule has 2 nitrogen and oxygen atoms in total. The van der Waals surface area contributed by atoms with E-state index in [0.717, 1.165) is 24.4 Å². The molecule has 0 amide bonds. The van der Waals surface area contributed by atoms with Crippen molar-refractivity contribution in [3.8, 4) is 5.75 Å². The zero-order chi connectivity index (χ0) is 11.9. The van der Waals surface area contributed by atoms with E-state index in [1.165, 1.54) is 5.56 Å². The van der Waals surface area contributed by atoms with Gasteiger partial charge < -0.3 is 10.1 Å². The van der Waals surface area contributed by atoms with Gasteiger partial charge in [-0.05, 0) is 24.1 Å². The highest BCUT2D eigenvalue weighted by molar-refractivity contribution is 5.56. The number of anilines is 1. The first-order valence-electron chi connectivity index (χ1n) is 5.81. The van der Waals surface area contributed by atoms with Gasteiger partial charge in [0.2, 0.25) is 0 Å². The SMILES string of the molecule is COc1ccccc1NCCc1ccccc1. The third kappa shape index (κ3) is 3.25. The number of benzene rings is 2. The number of hydrogen-bond acceptors (Lipinski definition) is 2. The summed E-state index contributed by atoms with van der Waals surface area (Å²) in [6.07, 6.45) is 1.01. The Kier molecular flexibility index (Phi) is 4.03. The van der Waals surface area contributed by atoms with E-state index in [4.69, 9.17) is 4.74 Å². The topological polar surface area (TPSA) is 21.3 Å². The van der Waals surface area contributed by atoms with Gasteiger partial charge in [-0.25, -0.2) is 0 Å². The largest absolute Gasteiger partial charge is 0.495 e. The molecule has 0 aliphatic heterocycles. The molecule has 0 saturated heterocycles. The van der Waals surface area contributed by atoms with E-state index in [1.807, 2.05) is 30.3 Å². The summed E-state index contributed by atoms with van der Waals surface area (Å²) in [4.78, 5) is 0. The Morgan fingerprint density at radius 2 is 1.65 bits per heavy atom. The van der Waals surface area contributed by atoms with Crippen molar-refractivity contribution >= 4 is 5.69 Å². The zero-order valence-electron chi connectivity index (χ0n) is 10.0. The Morgan fingerprint density at radius 3 is 2.41 bits per heavy atom. The lowest BCUT2D eigenvalue weighted by Gasteiger charge is -2.10. The molecular weight excluding hydrogens is 210 g/mol. The van der Waals surface area contributed by atoms with Gasteiger partial charge in [0.25, 0.3) is 0 Å². The van der Waals surface area contributed by atoms with E-state index in [-0.39, 0.29) is 0 Å². The minimum atomic E-state index is 0.889. The predicted octanol–water partition coefficient (Wildman–Crippen LogP) is 3.35. The van der Waals surface area contributed by atoms with Gasteiger partial charge in [-0.2, -0.15) is 0 Å². The van der Waals surface area contributed by atoms with Crippen molar-refractivity contribution in [1.82, 2.24) is 0 Å². The van der Waals surface area contributed by atoms with Gasteiger partial charge in [-0.15, -0.1) is 0 Å². The van der Waals surface area contributed by atoms with Crippen molar-refractivity contribution in [2.24, 2.45) is 0 Å². The van der Waals surface area contributed by atoms with Gasteiger partial charge in [0.15, 0.2) is 0 Å². The maximum atomic E-state index is 5.29. The predicted molar refractivity (Wildman–Crippen MR) is 71.6 cm³/mol. The Balaban J connectivity index is 1.90. The Bertz CT molecular complexity index is 453. The average molecular weight is 227 g/mol. The number of hydrogen-bond donors (Lipinski definition) is 1. The second-order valence-electron chi connectivity index (χ2n) is 3.86. The molecule has 0 spiro atoms. The van der Waals surface area contributed by atoms with E-state index in [9.17, 15) is 0 Å². The molecule has 0 bridgehead atoms. The van der Waals surface area contributed by atoms with Gasteiger partial charge in [-0.1, -0.05) is 42.5 Å². The summed E-state index contributed by atoms with van der Waals surface area (Å²) < 4.78 is 5.29. The molecule has 2 heteroatoms. The lowest BCUT2D eigenvalue weighted by atomic mass is 10.1. The monoisotopic (exact) mass is 227 g/mol. The third-order valence-corrected chi connectivity index (χ3v) is 2.68. The summed E-state index contributed by atoms with van der Waals surface area (Å²) in [6.45, 7) is 0.907. The molecule has 1 N–H and O–H groups in total. The van der Waals surface area contributed by atoms with Crippen LogP contribution < -0.4 is 10.1 Å². The molecule has 0 fully saturated rings. The Labute approximate surface area is 102 Å². The van der Waals surface area contributed by atoms with Crippen LogP contribution in [0.1, 0.15) is 5.56 Å². The van der Waals surface area contributed by atoms with Crippen LogP contribution in [0.25, 0.3) is 0 Å². The summed E-state index contributed by atoms with van der Waals surface area (Å²) in [5, 5.41) is 3.39. The molecule has 0 saturated carbocycles. The fourth-order valence-corrected chi connectivity index (χ4v) is 1.78. The summed E-state index contributed by atoms with van der Waals surface area (Å²) in [7, 11) is 1.69. The highest BCUT2D eigenvalue weighted by Gasteiger charge is 1.99. The van der Waals surface area contributed by atoms with Crippen LogP contribution in [0.4, 0.5) is 5.69 Å². The van der Waals surface area contributed by atoms with E-state index >= 15 is 0 Å². The first kappa shape index (κ1) is 11.5. The van der Waals surface area contributed by atoms with Crippen molar-refractivity contribution in [1.29, 1.82) is 0 Å². The van der Waals surface area contributed by atoms with Crippen LogP contribution in [0.15, 0.2) is 54.6 Å². The molecule has 2 aromatic rings. The van der Waals surface area contributed by atoms with Gasteiger partial charge >= 0.3 is 0 Å². The van der Waals surface area contributed by atoms with Crippen molar-refractivity contribution in [2.45, 2.75) is 6.42 Å². The fraction of sp³-hybridized carbons (Fsp3) is 0.200. The van der Waals surface area contributed by atoms with E-state index in [1.54, 1.807) is 7.11 Å². The molecule has 0 atom stereocenters. The van der Waals surface area contributed by atoms with Crippen LogP contribution in [0.3, 0.4) is 0 Å². The van der Waals surface area contributed by atoms with Gasteiger partial charge in [-0.3, -0.25) is 0 Å². The van der Waals surface area contributed by atoms with Crippen LogP contribution in [0, 0.1) is 0 Å². The zero-order valence-corrected chi connectivity index (χ0v) is 10.0. The van der Waals surface area contributed by atoms with Crippen molar-refractivity contribution in [2.75, 3.05) is 19.0 Å². The molecule has 0 unspecified atom stereocenters.